The minimum atomic E-state index is 0.267. The first-order chi connectivity index (χ1) is 10.1. The van der Waals surface area contributed by atoms with Crippen LogP contribution in [0.4, 0.5) is 5.69 Å². The molecule has 1 N–H and O–H groups in total. The molecular weight excluding hydrogens is 260 g/mol. The van der Waals surface area contributed by atoms with Crippen molar-refractivity contribution in [2.24, 2.45) is 0 Å². The average molecular weight is 284 g/mol. The maximum atomic E-state index is 6.10. The highest BCUT2D eigenvalue weighted by Crippen LogP contribution is 2.30. The van der Waals surface area contributed by atoms with Gasteiger partial charge in [-0.05, 0) is 31.7 Å². The van der Waals surface area contributed by atoms with Gasteiger partial charge in [0.2, 0.25) is 0 Å². The van der Waals surface area contributed by atoms with Crippen molar-refractivity contribution in [3.63, 3.8) is 0 Å². The number of hydrogen-bond acceptors (Lipinski definition) is 3. The van der Waals surface area contributed by atoms with Crippen LogP contribution in [0.2, 0.25) is 0 Å². The van der Waals surface area contributed by atoms with Crippen molar-refractivity contribution < 1.29 is 4.74 Å². The van der Waals surface area contributed by atoms with E-state index in [0.29, 0.717) is 0 Å². The number of benzene rings is 2. The van der Waals surface area contributed by atoms with E-state index < -0.39 is 0 Å². The third-order valence-corrected chi connectivity index (χ3v) is 3.46. The van der Waals surface area contributed by atoms with Crippen LogP contribution in [0, 0.1) is 0 Å². The maximum Gasteiger partial charge on any atom is 0.132 e. The van der Waals surface area contributed by atoms with Crippen LogP contribution in [0.5, 0.6) is 11.5 Å². The van der Waals surface area contributed by atoms with Gasteiger partial charge < -0.3 is 15.0 Å². The molecule has 2 rings (SSSR count). The van der Waals surface area contributed by atoms with Gasteiger partial charge in [0.05, 0.1) is 0 Å². The third-order valence-electron chi connectivity index (χ3n) is 3.46. The zero-order valence-electron chi connectivity index (χ0n) is 13.3. The van der Waals surface area contributed by atoms with Gasteiger partial charge in [-0.1, -0.05) is 31.2 Å². The summed E-state index contributed by atoms with van der Waals surface area (Å²) in [5, 5.41) is 3.43. The molecule has 0 fully saturated rings. The predicted octanol–water partition coefficient (Wildman–Crippen LogP) is 4.22. The summed E-state index contributed by atoms with van der Waals surface area (Å²) in [7, 11) is 4.06. The van der Waals surface area contributed by atoms with Gasteiger partial charge in [-0.2, -0.15) is 0 Å². The molecular formula is C18H24N2O. The highest BCUT2D eigenvalue weighted by atomic mass is 16.5. The second-order valence-corrected chi connectivity index (χ2v) is 5.31. The largest absolute Gasteiger partial charge is 0.457 e. The molecule has 0 heterocycles. The lowest BCUT2D eigenvalue weighted by Crippen LogP contribution is -2.18. The monoisotopic (exact) mass is 284 g/mol. The highest BCUT2D eigenvalue weighted by Gasteiger charge is 2.11. The second kappa shape index (κ2) is 7.14. The normalized spacial score (nSPS) is 12.0. The van der Waals surface area contributed by atoms with E-state index in [0.717, 1.165) is 23.7 Å². The minimum Gasteiger partial charge on any atom is -0.457 e. The van der Waals surface area contributed by atoms with E-state index in [4.69, 9.17) is 4.74 Å². The molecule has 0 saturated heterocycles. The van der Waals surface area contributed by atoms with Gasteiger partial charge in [-0.25, -0.2) is 0 Å². The van der Waals surface area contributed by atoms with Gasteiger partial charge in [0.15, 0.2) is 0 Å². The van der Waals surface area contributed by atoms with Gasteiger partial charge >= 0.3 is 0 Å². The first-order valence-electron chi connectivity index (χ1n) is 7.39. The summed E-state index contributed by atoms with van der Waals surface area (Å²) in [5.41, 5.74) is 2.30. The first kappa shape index (κ1) is 15.4. The molecule has 0 aliphatic heterocycles. The average Bonchev–Trinajstić information content (AvgIpc) is 2.48. The number of ether oxygens (including phenoxy) is 1. The molecule has 0 radical (unpaired) electrons. The molecule has 3 heteroatoms. The zero-order chi connectivity index (χ0) is 15.2. The van der Waals surface area contributed by atoms with E-state index in [1.807, 2.05) is 44.4 Å². The topological polar surface area (TPSA) is 24.5 Å². The molecule has 112 valence electrons. The van der Waals surface area contributed by atoms with Crippen molar-refractivity contribution in [1.82, 2.24) is 5.32 Å². The molecule has 2 aromatic carbocycles. The summed E-state index contributed by atoms with van der Waals surface area (Å²) in [6, 6.07) is 16.6. The van der Waals surface area contributed by atoms with Crippen molar-refractivity contribution in [3.8, 4) is 11.5 Å². The lowest BCUT2D eigenvalue weighted by Gasteiger charge is -2.18. The van der Waals surface area contributed by atoms with E-state index >= 15 is 0 Å². The van der Waals surface area contributed by atoms with Crippen LogP contribution in [0.3, 0.4) is 0 Å². The number of nitrogens with one attached hydrogen (secondary N) is 1. The van der Waals surface area contributed by atoms with Gasteiger partial charge in [-0.15, -0.1) is 0 Å². The van der Waals surface area contributed by atoms with E-state index in [2.05, 4.69) is 42.3 Å². The molecule has 0 saturated carbocycles. The smallest absolute Gasteiger partial charge is 0.132 e. The van der Waals surface area contributed by atoms with Gasteiger partial charge in [0.1, 0.15) is 11.5 Å². The van der Waals surface area contributed by atoms with Crippen LogP contribution in [-0.4, -0.2) is 20.6 Å². The lowest BCUT2D eigenvalue weighted by atomic mass is 10.1. The van der Waals surface area contributed by atoms with Gasteiger partial charge in [0, 0.05) is 37.5 Å². The standard InChI is InChI=1S/C18H24N2O/c1-5-19-14(2)17-11-6-7-12-18(17)21-16-10-8-9-15(13-16)20(3)4/h6-14,19H,5H2,1-4H3. The number of nitrogens with zero attached hydrogens (tertiary/aromatic N) is 1. The van der Waals surface area contributed by atoms with Crippen LogP contribution in [0.15, 0.2) is 48.5 Å². The van der Waals surface area contributed by atoms with Crippen LogP contribution < -0.4 is 15.0 Å². The predicted molar refractivity (Wildman–Crippen MR) is 89.4 cm³/mol. The summed E-state index contributed by atoms with van der Waals surface area (Å²) >= 11 is 0. The quantitative estimate of drug-likeness (QED) is 0.859. The van der Waals surface area contributed by atoms with Crippen LogP contribution in [-0.2, 0) is 0 Å². The van der Waals surface area contributed by atoms with E-state index in [9.17, 15) is 0 Å². The van der Waals surface area contributed by atoms with Crippen molar-refractivity contribution in [2.45, 2.75) is 19.9 Å². The van der Waals surface area contributed by atoms with Crippen LogP contribution >= 0.6 is 0 Å². The number of hydrogen-bond donors (Lipinski definition) is 1. The summed E-state index contributed by atoms with van der Waals surface area (Å²) in [6.07, 6.45) is 0. The van der Waals surface area contributed by atoms with Crippen molar-refractivity contribution >= 4 is 5.69 Å². The Kier molecular flexibility index (Phi) is 5.23. The fraction of sp³-hybridized carbons (Fsp3) is 0.333. The summed E-state index contributed by atoms with van der Waals surface area (Å²) in [5.74, 6) is 1.76. The third kappa shape index (κ3) is 3.99. The van der Waals surface area contributed by atoms with Crippen molar-refractivity contribution in [1.29, 1.82) is 0 Å². The van der Waals surface area contributed by atoms with E-state index in [1.54, 1.807) is 0 Å². The molecule has 21 heavy (non-hydrogen) atoms. The maximum absolute atomic E-state index is 6.10. The Bertz CT molecular complexity index is 581. The molecule has 0 amide bonds. The number of para-hydroxylation sites is 1. The van der Waals surface area contributed by atoms with Crippen LogP contribution in [0.25, 0.3) is 0 Å². The lowest BCUT2D eigenvalue weighted by molar-refractivity contribution is 0.463. The Morgan fingerprint density at radius 3 is 2.57 bits per heavy atom. The van der Waals surface area contributed by atoms with Gasteiger partial charge in [-0.3, -0.25) is 0 Å². The molecule has 0 spiro atoms. The highest BCUT2D eigenvalue weighted by molar-refractivity contribution is 5.51. The SMILES string of the molecule is CCNC(C)c1ccccc1Oc1cccc(N(C)C)c1. The van der Waals surface area contributed by atoms with Crippen molar-refractivity contribution in [2.75, 3.05) is 25.5 Å². The van der Waals surface area contributed by atoms with E-state index in [1.165, 1.54) is 5.56 Å². The molecule has 3 nitrogen and oxygen atoms in total. The van der Waals surface area contributed by atoms with Gasteiger partial charge in [0.25, 0.3) is 0 Å². The number of anilines is 1. The molecule has 0 aliphatic carbocycles. The fourth-order valence-electron chi connectivity index (χ4n) is 2.30. The molecule has 0 aliphatic rings. The molecule has 2 aromatic rings. The Morgan fingerprint density at radius 1 is 1.10 bits per heavy atom. The zero-order valence-corrected chi connectivity index (χ0v) is 13.3. The summed E-state index contributed by atoms with van der Waals surface area (Å²) in [6.45, 7) is 5.20. The summed E-state index contributed by atoms with van der Waals surface area (Å²) in [4.78, 5) is 2.07. The van der Waals surface area contributed by atoms with E-state index in [-0.39, 0.29) is 6.04 Å². The van der Waals surface area contributed by atoms with Crippen molar-refractivity contribution in [3.05, 3.63) is 54.1 Å². The Morgan fingerprint density at radius 2 is 1.86 bits per heavy atom. The molecule has 1 unspecified atom stereocenters. The minimum absolute atomic E-state index is 0.267. The molecule has 1 atom stereocenters. The Labute approximate surface area is 127 Å². The Balaban J connectivity index is 2.25. The number of rotatable bonds is 6. The van der Waals surface area contributed by atoms with Crippen LogP contribution in [0.1, 0.15) is 25.5 Å². The molecule has 0 aromatic heterocycles. The molecule has 0 bridgehead atoms. The fourth-order valence-corrected chi connectivity index (χ4v) is 2.30. The second-order valence-electron chi connectivity index (χ2n) is 5.31. The summed E-state index contributed by atoms with van der Waals surface area (Å²) < 4.78 is 6.10. The first-order valence-corrected chi connectivity index (χ1v) is 7.39. The Hall–Kier alpha value is -2.00.